The molecule has 0 N–H and O–H groups in total. The third-order valence-corrected chi connectivity index (χ3v) is 2.21. The van der Waals surface area contributed by atoms with Crippen molar-refractivity contribution in [3.63, 3.8) is 0 Å². The second-order valence-electron chi connectivity index (χ2n) is 4.25. The highest BCUT2D eigenvalue weighted by molar-refractivity contribution is 5.63. The minimum absolute atomic E-state index is 0.188. The number of allylic oxidation sites excluding steroid dienone is 2. The van der Waals surface area contributed by atoms with E-state index in [1.807, 2.05) is 20.8 Å². The Morgan fingerprint density at radius 1 is 1.40 bits per heavy atom. The third kappa shape index (κ3) is 4.47. The molecule has 0 heterocycles. The number of carbonyl (C=O) groups is 1. The van der Waals surface area contributed by atoms with Crippen LogP contribution in [0.25, 0.3) is 0 Å². The van der Waals surface area contributed by atoms with Gasteiger partial charge in [0.25, 0.3) is 0 Å². The second-order valence-corrected chi connectivity index (χ2v) is 4.25. The van der Waals surface area contributed by atoms with E-state index in [2.05, 4.69) is 6.92 Å². The highest BCUT2D eigenvalue weighted by Crippen LogP contribution is 2.29. The molecular formula is C12H22O3. The quantitative estimate of drug-likeness (QED) is 0.371. The van der Waals surface area contributed by atoms with Gasteiger partial charge in [0.15, 0.2) is 6.79 Å². The molecule has 0 aliphatic rings. The molecule has 0 aliphatic heterocycles. The van der Waals surface area contributed by atoms with Crippen LogP contribution in [0.3, 0.4) is 0 Å². The van der Waals surface area contributed by atoms with E-state index in [9.17, 15) is 4.79 Å². The van der Waals surface area contributed by atoms with Gasteiger partial charge in [0.2, 0.25) is 0 Å². The summed E-state index contributed by atoms with van der Waals surface area (Å²) in [5.41, 5.74) is 0.546. The molecule has 3 nitrogen and oxygen atoms in total. The Morgan fingerprint density at radius 3 is 2.40 bits per heavy atom. The van der Waals surface area contributed by atoms with Crippen molar-refractivity contribution in [2.24, 2.45) is 5.41 Å². The maximum atomic E-state index is 11.0. The summed E-state index contributed by atoms with van der Waals surface area (Å²) in [5.74, 6) is 0.737. The molecular weight excluding hydrogens is 192 g/mol. The lowest BCUT2D eigenvalue weighted by molar-refractivity contribution is -0.116. The second kappa shape index (κ2) is 6.62. The predicted octanol–water partition coefficient (Wildman–Crippen LogP) is 2.91. The number of ether oxygens (including phenoxy) is 2. The first-order valence-corrected chi connectivity index (χ1v) is 5.27. The molecule has 0 spiro atoms. The zero-order chi connectivity index (χ0) is 11.9. The number of carbonyl (C=O) groups excluding carboxylic acids is 1. The van der Waals surface area contributed by atoms with Gasteiger partial charge in [-0.1, -0.05) is 13.3 Å². The van der Waals surface area contributed by atoms with Crippen LogP contribution < -0.4 is 0 Å². The van der Waals surface area contributed by atoms with Crippen LogP contribution in [0.2, 0.25) is 0 Å². The van der Waals surface area contributed by atoms with Crippen molar-refractivity contribution in [1.82, 2.24) is 0 Å². The number of hydrogen-bond acceptors (Lipinski definition) is 3. The normalized spacial score (nSPS) is 13.4. The molecule has 0 saturated heterocycles. The van der Waals surface area contributed by atoms with Gasteiger partial charge in [0.05, 0.1) is 5.41 Å². The van der Waals surface area contributed by atoms with E-state index in [0.29, 0.717) is 0 Å². The minimum Gasteiger partial charge on any atom is -0.471 e. The molecule has 0 saturated carbocycles. The molecule has 3 heteroatoms. The van der Waals surface area contributed by atoms with Crippen LogP contribution in [0, 0.1) is 5.41 Å². The number of aldehydes is 1. The fraction of sp³-hybridized carbons (Fsp3) is 0.750. The molecule has 0 atom stereocenters. The van der Waals surface area contributed by atoms with Crippen LogP contribution >= 0.6 is 0 Å². The molecule has 0 aromatic rings. The molecule has 0 unspecified atom stereocenters. The van der Waals surface area contributed by atoms with E-state index in [0.717, 1.165) is 30.5 Å². The van der Waals surface area contributed by atoms with Gasteiger partial charge >= 0.3 is 0 Å². The maximum absolute atomic E-state index is 11.0. The fourth-order valence-corrected chi connectivity index (χ4v) is 1.52. The van der Waals surface area contributed by atoms with Gasteiger partial charge in [0.1, 0.15) is 12.0 Å². The molecule has 0 radical (unpaired) electrons. The van der Waals surface area contributed by atoms with E-state index in [4.69, 9.17) is 9.47 Å². The minimum atomic E-state index is -0.572. The molecule has 0 aromatic heterocycles. The van der Waals surface area contributed by atoms with Crippen molar-refractivity contribution in [3.8, 4) is 0 Å². The van der Waals surface area contributed by atoms with Gasteiger partial charge in [-0.2, -0.15) is 0 Å². The van der Waals surface area contributed by atoms with Gasteiger partial charge in [-0.05, 0) is 32.8 Å². The van der Waals surface area contributed by atoms with Crippen LogP contribution in [-0.4, -0.2) is 20.2 Å². The number of hydrogen-bond donors (Lipinski definition) is 0. The Balaban J connectivity index is 4.86. The summed E-state index contributed by atoms with van der Waals surface area (Å²) in [6.07, 6.45) is 2.90. The monoisotopic (exact) mass is 214 g/mol. The Bertz CT molecular complexity index is 229. The summed E-state index contributed by atoms with van der Waals surface area (Å²) in [6.45, 7) is 7.99. The van der Waals surface area contributed by atoms with Crippen LogP contribution in [-0.2, 0) is 14.3 Å². The summed E-state index contributed by atoms with van der Waals surface area (Å²) in [5, 5.41) is 0. The molecule has 0 bridgehead atoms. The first-order chi connectivity index (χ1) is 6.99. The van der Waals surface area contributed by atoms with Gasteiger partial charge in [0, 0.05) is 7.11 Å². The topological polar surface area (TPSA) is 35.5 Å². The largest absolute Gasteiger partial charge is 0.471 e. The molecule has 0 aromatic carbocycles. The average molecular weight is 214 g/mol. The summed E-state index contributed by atoms with van der Waals surface area (Å²) >= 11 is 0. The van der Waals surface area contributed by atoms with Crippen molar-refractivity contribution >= 4 is 6.29 Å². The molecule has 88 valence electrons. The van der Waals surface area contributed by atoms with Crippen molar-refractivity contribution in [2.45, 2.75) is 40.5 Å². The Hall–Kier alpha value is -0.830. The molecule has 0 amide bonds. The van der Waals surface area contributed by atoms with Gasteiger partial charge in [-0.15, -0.1) is 0 Å². The average Bonchev–Trinajstić information content (AvgIpc) is 2.18. The summed E-state index contributed by atoms with van der Waals surface area (Å²) in [6, 6.07) is 0. The first kappa shape index (κ1) is 14.2. The smallest absolute Gasteiger partial charge is 0.188 e. The van der Waals surface area contributed by atoms with Crippen LogP contribution in [0.5, 0.6) is 0 Å². The summed E-state index contributed by atoms with van der Waals surface area (Å²) in [7, 11) is 1.57. The van der Waals surface area contributed by atoms with E-state index < -0.39 is 5.41 Å². The number of methoxy groups -OCH3 is 1. The van der Waals surface area contributed by atoms with Crippen LogP contribution in [0.15, 0.2) is 11.3 Å². The fourth-order valence-electron chi connectivity index (χ4n) is 1.52. The maximum Gasteiger partial charge on any atom is 0.188 e. The Labute approximate surface area is 92.5 Å². The molecule has 0 aliphatic carbocycles. The highest BCUT2D eigenvalue weighted by atomic mass is 16.7. The number of rotatable bonds is 7. The third-order valence-electron chi connectivity index (χ3n) is 2.21. The highest BCUT2D eigenvalue weighted by Gasteiger charge is 2.26. The van der Waals surface area contributed by atoms with Gasteiger partial charge < -0.3 is 14.3 Å². The summed E-state index contributed by atoms with van der Waals surface area (Å²) < 4.78 is 10.4. The van der Waals surface area contributed by atoms with Crippen LogP contribution in [0.4, 0.5) is 0 Å². The van der Waals surface area contributed by atoms with Crippen molar-refractivity contribution in [3.05, 3.63) is 11.3 Å². The van der Waals surface area contributed by atoms with Gasteiger partial charge in [-0.3, -0.25) is 0 Å². The molecule has 15 heavy (non-hydrogen) atoms. The van der Waals surface area contributed by atoms with E-state index in [1.165, 1.54) is 0 Å². The van der Waals surface area contributed by atoms with Gasteiger partial charge in [-0.25, -0.2) is 0 Å². The lowest BCUT2D eigenvalue weighted by atomic mass is 9.89. The zero-order valence-corrected chi connectivity index (χ0v) is 10.4. The summed E-state index contributed by atoms with van der Waals surface area (Å²) in [4.78, 5) is 11.0. The van der Waals surface area contributed by atoms with Crippen molar-refractivity contribution in [1.29, 1.82) is 0 Å². The Morgan fingerprint density at radius 2 is 2.00 bits per heavy atom. The van der Waals surface area contributed by atoms with Crippen LogP contribution in [0.1, 0.15) is 40.5 Å². The molecule has 0 rings (SSSR count). The standard InChI is InChI=1S/C12H22O3/c1-6-7-10(2)11(15-9-14-5)12(3,4)8-13/h8H,6-7,9H2,1-5H3/b11-10-. The Kier molecular flexibility index (Phi) is 6.25. The lowest BCUT2D eigenvalue weighted by Crippen LogP contribution is -2.21. The molecule has 0 fully saturated rings. The lowest BCUT2D eigenvalue weighted by Gasteiger charge is -2.24. The van der Waals surface area contributed by atoms with E-state index in [-0.39, 0.29) is 6.79 Å². The first-order valence-electron chi connectivity index (χ1n) is 5.27. The predicted molar refractivity (Wildman–Crippen MR) is 60.4 cm³/mol. The van der Waals surface area contributed by atoms with Crippen molar-refractivity contribution < 1.29 is 14.3 Å². The SMILES string of the molecule is CCC/C(C)=C(\OCOC)C(C)(C)C=O. The zero-order valence-electron chi connectivity index (χ0n) is 10.4. The van der Waals surface area contributed by atoms with E-state index >= 15 is 0 Å². The van der Waals surface area contributed by atoms with Crippen molar-refractivity contribution in [2.75, 3.05) is 13.9 Å². The van der Waals surface area contributed by atoms with E-state index in [1.54, 1.807) is 7.11 Å².